The van der Waals surface area contributed by atoms with Crippen molar-refractivity contribution in [1.29, 1.82) is 0 Å². The molecule has 0 atom stereocenters. The fourth-order valence-electron chi connectivity index (χ4n) is 2.26. The Balaban J connectivity index is 1.88. The van der Waals surface area contributed by atoms with Crippen LogP contribution in [0.5, 0.6) is 0 Å². The second-order valence-electron chi connectivity index (χ2n) is 4.09. The fourth-order valence-corrected chi connectivity index (χ4v) is 2.26. The van der Waals surface area contributed by atoms with Crippen LogP contribution in [0.1, 0.15) is 25.7 Å². The number of carbonyl (C=O) groups excluding carboxylic acids is 2. The maximum absolute atomic E-state index is 11.2. The van der Waals surface area contributed by atoms with E-state index in [-0.39, 0.29) is 5.91 Å². The van der Waals surface area contributed by atoms with E-state index in [0.717, 1.165) is 25.9 Å². The first-order valence-corrected chi connectivity index (χ1v) is 5.28. The molecule has 0 aromatic carbocycles. The number of hydrogen-bond acceptors (Lipinski definition) is 3. The summed E-state index contributed by atoms with van der Waals surface area (Å²) in [5.74, 6) is 0.496. The Bertz CT molecular complexity index is 243. The van der Waals surface area contributed by atoms with Gasteiger partial charge in [-0.15, -0.1) is 0 Å². The van der Waals surface area contributed by atoms with Crippen LogP contribution in [0.15, 0.2) is 0 Å². The number of ketones is 1. The van der Waals surface area contributed by atoms with Crippen molar-refractivity contribution in [3.8, 4) is 0 Å². The number of piperazine rings is 1. The van der Waals surface area contributed by atoms with Crippen molar-refractivity contribution >= 4 is 11.7 Å². The summed E-state index contributed by atoms with van der Waals surface area (Å²) in [5.41, 5.74) is 0. The molecular weight excluding hydrogens is 180 g/mol. The molecule has 14 heavy (non-hydrogen) atoms. The van der Waals surface area contributed by atoms with Crippen LogP contribution in [0.3, 0.4) is 0 Å². The summed E-state index contributed by atoms with van der Waals surface area (Å²) in [6.07, 6.45) is 3.27. The van der Waals surface area contributed by atoms with E-state index in [4.69, 9.17) is 0 Å². The summed E-state index contributed by atoms with van der Waals surface area (Å²) in [5, 5.41) is 2.81. The fraction of sp³-hybridized carbons (Fsp3) is 0.800. The molecule has 1 aliphatic carbocycles. The number of Topliss-reactive ketones (excluding diaryl/α,β-unsaturated/α-hetero) is 1. The Hall–Kier alpha value is -0.900. The zero-order valence-electron chi connectivity index (χ0n) is 8.29. The lowest BCUT2D eigenvalue weighted by atomic mass is 9.93. The van der Waals surface area contributed by atoms with Gasteiger partial charge in [0.15, 0.2) is 0 Å². The van der Waals surface area contributed by atoms with Gasteiger partial charge in [-0.05, 0) is 12.8 Å². The summed E-state index contributed by atoms with van der Waals surface area (Å²) < 4.78 is 0. The molecule has 0 radical (unpaired) electrons. The average molecular weight is 196 g/mol. The van der Waals surface area contributed by atoms with Crippen molar-refractivity contribution in [3.05, 3.63) is 0 Å². The minimum absolute atomic E-state index is 0.119. The number of rotatable bonds is 1. The van der Waals surface area contributed by atoms with Crippen molar-refractivity contribution in [2.45, 2.75) is 31.7 Å². The molecule has 2 rings (SSSR count). The van der Waals surface area contributed by atoms with E-state index >= 15 is 0 Å². The number of nitrogens with one attached hydrogen (secondary N) is 1. The minimum Gasteiger partial charge on any atom is -0.354 e. The number of amides is 1. The van der Waals surface area contributed by atoms with Gasteiger partial charge in [0.25, 0.3) is 0 Å². The largest absolute Gasteiger partial charge is 0.354 e. The highest BCUT2D eigenvalue weighted by molar-refractivity contribution is 5.80. The van der Waals surface area contributed by atoms with E-state index < -0.39 is 0 Å². The Morgan fingerprint density at radius 3 is 2.57 bits per heavy atom. The molecule has 0 aromatic rings. The van der Waals surface area contributed by atoms with Crippen molar-refractivity contribution in [2.24, 2.45) is 0 Å². The van der Waals surface area contributed by atoms with Crippen LogP contribution < -0.4 is 5.32 Å². The van der Waals surface area contributed by atoms with Crippen molar-refractivity contribution in [1.82, 2.24) is 10.2 Å². The Morgan fingerprint density at radius 2 is 1.93 bits per heavy atom. The van der Waals surface area contributed by atoms with Crippen LogP contribution >= 0.6 is 0 Å². The second-order valence-corrected chi connectivity index (χ2v) is 4.09. The quantitative estimate of drug-likeness (QED) is 0.638. The van der Waals surface area contributed by atoms with Gasteiger partial charge in [0, 0.05) is 32.0 Å². The molecule has 1 amide bonds. The lowest BCUT2D eigenvalue weighted by Gasteiger charge is -2.35. The zero-order valence-corrected chi connectivity index (χ0v) is 8.29. The molecule has 1 heterocycles. The highest BCUT2D eigenvalue weighted by Crippen LogP contribution is 2.20. The Morgan fingerprint density at radius 1 is 1.21 bits per heavy atom. The first-order chi connectivity index (χ1) is 6.75. The van der Waals surface area contributed by atoms with Gasteiger partial charge in [-0.1, -0.05) is 0 Å². The molecule has 1 saturated carbocycles. The van der Waals surface area contributed by atoms with Crippen LogP contribution in [0.25, 0.3) is 0 Å². The molecule has 4 heteroatoms. The lowest BCUT2D eigenvalue weighted by molar-refractivity contribution is -0.125. The van der Waals surface area contributed by atoms with Gasteiger partial charge in [-0.2, -0.15) is 0 Å². The number of nitrogens with zero attached hydrogens (tertiary/aromatic N) is 1. The van der Waals surface area contributed by atoms with Crippen molar-refractivity contribution in [3.63, 3.8) is 0 Å². The summed E-state index contributed by atoms with van der Waals surface area (Å²) in [6.45, 7) is 2.20. The molecule has 1 saturated heterocycles. The Kier molecular flexibility index (Phi) is 2.82. The van der Waals surface area contributed by atoms with E-state index in [1.165, 1.54) is 0 Å². The van der Waals surface area contributed by atoms with Crippen LogP contribution in [-0.2, 0) is 9.59 Å². The summed E-state index contributed by atoms with van der Waals surface area (Å²) in [6, 6.07) is 0.457. The van der Waals surface area contributed by atoms with Crippen molar-refractivity contribution < 1.29 is 9.59 Å². The highest BCUT2D eigenvalue weighted by atomic mass is 16.2. The van der Waals surface area contributed by atoms with Gasteiger partial charge >= 0.3 is 0 Å². The molecule has 0 spiro atoms. The molecule has 0 aromatic heterocycles. The lowest BCUT2D eigenvalue weighted by Crippen LogP contribution is -2.52. The van der Waals surface area contributed by atoms with E-state index in [9.17, 15) is 9.59 Å². The minimum atomic E-state index is 0.119. The van der Waals surface area contributed by atoms with Gasteiger partial charge in [0.05, 0.1) is 6.54 Å². The third-order valence-corrected chi connectivity index (χ3v) is 3.10. The topological polar surface area (TPSA) is 49.4 Å². The summed E-state index contributed by atoms with van der Waals surface area (Å²) >= 11 is 0. The number of carbonyl (C=O) groups is 2. The standard InChI is InChI=1S/C10H16N2O2/c13-9-3-1-8(2-4-9)12-6-5-11-10(14)7-12/h8H,1-7H2,(H,11,14). The molecule has 0 bridgehead atoms. The van der Waals surface area contributed by atoms with Crippen LogP contribution in [0.2, 0.25) is 0 Å². The average Bonchev–Trinajstić information content (AvgIpc) is 2.19. The maximum Gasteiger partial charge on any atom is 0.234 e. The molecule has 2 aliphatic rings. The van der Waals surface area contributed by atoms with Crippen molar-refractivity contribution in [2.75, 3.05) is 19.6 Å². The van der Waals surface area contributed by atoms with E-state index in [1.54, 1.807) is 0 Å². The van der Waals surface area contributed by atoms with E-state index in [2.05, 4.69) is 10.2 Å². The summed E-state index contributed by atoms with van der Waals surface area (Å²) in [7, 11) is 0. The van der Waals surface area contributed by atoms with Gasteiger partial charge < -0.3 is 5.32 Å². The van der Waals surface area contributed by atoms with E-state index in [1.807, 2.05) is 0 Å². The third-order valence-electron chi connectivity index (χ3n) is 3.10. The predicted octanol–water partition coefficient (Wildman–Crippen LogP) is -0.0701. The first kappa shape index (κ1) is 9.65. The van der Waals surface area contributed by atoms with Gasteiger partial charge in [-0.3, -0.25) is 14.5 Å². The first-order valence-electron chi connectivity index (χ1n) is 5.28. The normalized spacial score (nSPS) is 26.3. The molecule has 78 valence electrons. The number of hydrogen-bond donors (Lipinski definition) is 1. The zero-order chi connectivity index (χ0) is 9.97. The van der Waals surface area contributed by atoms with Gasteiger partial charge in [0.2, 0.25) is 5.91 Å². The van der Waals surface area contributed by atoms with E-state index in [0.29, 0.717) is 31.2 Å². The summed E-state index contributed by atoms with van der Waals surface area (Å²) in [4.78, 5) is 24.4. The third kappa shape index (κ3) is 2.12. The van der Waals surface area contributed by atoms with Crippen LogP contribution in [-0.4, -0.2) is 42.3 Å². The Labute approximate surface area is 83.6 Å². The molecule has 2 fully saturated rings. The molecule has 4 nitrogen and oxygen atoms in total. The van der Waals surface area contributed by atoms with Crippen LogP contribution in [0.4, 0.5) is 0 Å². The molecule has 1 aliphatic heterocycles. The van der Waals surface area contributed by atoms with Gasteiger partial charge in [-0.25, -0.2) is 0 Å². The van der Waals surface area contributed by atoms with Crippen LogP contribution in [0, 0.1) is 0 Å². The monoisotopic (exact) mass is 196 g/mol. The highest BCUT2D eigenvalue weighted by Gasteiger charge is 2.27. The smallest absolute Gasteiger partial charge is 0.234 e. The predicted molar refractivity (Wildman–Crippen MR) is 51.8 cm³/mol. The van der Waals surface area contributed by atoms with Gasteiger partial charge in [0.1, 0.15) is 5.78 Å². The second kappa shape index (κ2) is 4.09. The molecular formula is C10H16N2O2. The SMILES string of the molecule is O=C1CCC(N2CCNC(=O)C2)CC1. The molecule has 1 N–H and O–H groups in total. The molecule has 0 unspecified atom stereocenters. The maximum atomic E-state index is 11.2.